The molecule has 0 amide bonds. The first-order valence-electron chi connectivity index (χ1n) is 5.08. The minimum Gasteiger partial charge on any atom is -0.381 e. The van der Waals surface area contributed by atoms with E-state index in [9.17, 15) is 4.39 Å². The van der Waals surface area contributed by atoms with Crippen LogP contribution in [-0.2, 0) is 6.54 Å². The molecule has 0 radical (unpaired) electrons. The van der Waals surface area contributed by atoms with Gasteiger partial charge in [0.1, 0.15) is 5.82 Å². The van der Waals surface area contributed by atoms with Gasteiger partial charge in [0.05, 0.1) is 0 Å². The second-order valence-electron chi connectivity index (χ2n) is 3.60. The molecule has 1 N–H and O–H groups in total. The molecule has 0 spiro atoms. The van der Waals surface area contributed by atoms with E-state index < -0.39 is 0 Å². The van der Waals surface area contributed by atoms with E-state index >= 15 is 0 Å². The van der Waals surface area contributed by atoms with Crippen LogP contribution in [0.5, 0.6) is 0 Å². The van der Waals surface area contributed by atoms with Crippen molar-refractivity contribution in [3.05, 3.63) is 63.3 Å². The van der Waals surface area contributed by atoms with Crippen LogP contribution in [0.15, 0.2) is 46.9 Å². The van der Waals surface area contributed by atoms with E-state index in [2.05, 4.69) is 21.2 Å². The van der Waals surface area contributed by atoms with Crippen LogP contribution in [0, 0.1) is 5.82 Å². The molecule has 1 nitrogen and oxygen atoms in total. The summed E-state index contributed by atoms with van der Waals surface area (Å²) in [5, 5.41) is 3.83. The fraction of sp³-hybridized carbons (Fsp3) is 0.0769. The maximum Gasteiger partial charge on any atom is 0.125 e. The summed E-state index contributed by atoms with van der Waals surface area (Å²) in [6.45, 7) is 0.588. The summed E-state index contributed by atoms with van der Waals surface area (Å²) in [5.41, 5.74) is 1.78. The molecule has 0 saturated heterocycles. The van der Waals surface area contributed by atoms with Gasteiger partial charge in [-0.2, -0.15) is 0 Å². The molecule has 2 aromatic carbocycles. The van der Waals surface area contributed by atoms with Crippen LogP contribution in [0.2, 0.25) is 5.02 Å². The summed E-state index contributed by atoms with van der Waals surface area (Å²) in [4.78, 5) is 0. The number of anilines is 1. The normalized spacial score (nSPS) is 10.3. The zero-order valence-corrected chi connectivity index (χ0v) is 11.2. The number of rotatable bonds is 3. The third-order valence-electron chi connectivity index (χ3n) is 2.32. The van der Waals surface area contributed by atoms with Crippen molar-refractivity contribution in [2.24, 2.45) is 0 Å². The van der Waals surface area contributed by atoms with Crippen LogP contribution >= 0.6 is 27.5 Å². The van der Waals surface area contributed by atoms with Crippen molar-refractivity contribution in [3.63, 3.8) is 0 Å². The Labute approximate surface area is 113 Å². The summed E-state index contributed by atoms with van der Waals surface area (Å²) in [5.74, 6) is -0.250. The van der Waals surface area contributed by atoms with E-state index in [0.29, 0.717) is 11.6 Å². The highest BCUT2D eigenvalue weighted by molar-refractivity contribution is 9.10. The Kier molecular flexibility index (Phi) is 4.02. The van der Waals surface area contributed by atoms with Gasteiger partial charge in [0.15, 0.2) is 0 Å². The standard InChI is InChI=1S/C13H10BrClFN/c14-13-5-4-10(15)6-9(13)8-17-12-3-1-2-11(16)7-12/h1-7,17H,8H2. The second-order valence-corrected chi connectivity index (χ2v) is 4.89. The molecule has 0 saturated carbocycles. The molecule has 0 fully saturated rings. The van der Waals surface area contributed by atoms with E-state index in [0.717, 1.165) is 15.7 Å². The number of hydrogen-bond donors (Lipinski definition) is 1. The molecule has 0 atom stereocenters. The van der Waals surface area contributed by atoms with Crippen molar-refractivity contribution in [1.82, 2.24) is 0 Å². The summed E-state index contributed by atoms with van der Waals surface area (Å²) < 4.78 is 13.9. The van der Waals surface area contributed by atoms with Crippen LogP contribution in [0.25, 0.3) is 0 Å². The smallest absolute Gasteiger partial charge is 0.125 e. The molecule has 2 rings (SSSR count). The van der Waals surface area contributed by atoms with Gasteiger partial charge in [-0.15, -0.1) is 0 Å². The summed E-state index contributed by atoms with van der Waals surface area (Å²) in [6, 6.07) is 11.9. The molecular formula is C13H10BrClFN. The fourth-order valence-corrected chi connectivity index (χ4v) is 2.06. The highest BCUT2D eigenvalue weighted by atomic mass is 79.9. The first-order chi connectivity index (χ1) is 8.15. The highest BCUT2D eigenvalue weighted by Gasteiger charge is 2.01. The van der Waals surface area contributed by atoms with Gasteiger partial charge in [-0.3, -0.25) is 0 Å². The van der Waals surface area contributed by atoms with Gasteiger partial charge in [-0.25, -0.2) is 4.39 Å². The topological polar surface area (TPSA) is 12.0 Å². The SMILES string of the molecule is Fc1cccc(NCc2cc(Cl)ccc2Br)c1. The average molecular weight is 315 g/mol. The van der Waals surface area contributed by atoms with Crippen molar-refractivity contribution >= 4 is 33.2 Å². The molecule has 0 aliphatic carbocycles. The fourth-order valence-electron chi connectivity index (χ4n) is 1.47. The molecule has 4 heteroatoms. The lowest BCUT2D eigenvalue weighted by molar-refractivity contribution is 0.628. The summed E-state index contributed by atoms with van der Waals surface area (Å²) >= 11 is 9.36. The van der Waals surface area contributed by atoms with Crippen molar-refractivity contribution in [1.29, 1.82) is 0 Å². The number of halogens is 3. The average Bonchev–Trinajstić information content (AvgIpc) is 2.30. The van der Waals surface area contributed by atoms with Crippen LogP contribution in [0.3, 0.4) is 0 Å². The number of nitrogens with one attached hydrogen (secondary N) is 1. The lowest BCUT2D eigenvalue weighted by atomic mass is 10.2. The van der Waals surface area contributed by atoms with Crippen molar-refractivity contribution < 1.29 is 4.39 Å². The Morgan fingerprint density at radius 2 is 2.00 bits per heavy atom. The monoisotopic (exact) mass is 313 g/mol. The summed E-state index contributed by atoms with van der Waals surface area (Å²) in [6.07, 6.45) is 0. The largest absolute Gasteiger partial charge is 0.381 e. The van der Waals surface area contributed by atoms with Crippen molar-refractivity contribution in [2.45, 2.75) is 6.54 Å². The van der Waals surface area contributed by atoms with E-state index in [1.54, 1.807) is 6.07 Å². The van der Waals surface area contributed by atoms with E-state index in [1.165, 1.54) is 12.1 Å². The first-order valence-corrected chi connectivity index (χ1v) is 6.25. The van der Waals surface area contributed by atoms with Crippen molar-refractivity contribution in [2.75, 3.05) is 5.32 Å². The van der Waals surface area contributed by atoms with Gasteiger partial charge >= 0.3 is 0 Å². The zero-order chi connectivity index (χ0) is 12.3. The quantitative estimate of drug-likeness (QED) is 0.853. The highest BCUT2D eigenvalue weighted by Crippen LogP contribution is 2.22. The van der Waals surface area contributed by atoms with E-state index in [1.807, 2.05) is 24.3 Å². The van der Waals surface area contributed by atoms with Gasteiger partial charge in [-0.1, -0.05) is 33.6 Å². The molecule has 0 aromatic heterocycles. The maximum absolute atomic E-state index is 13.0. The third-order valence-corrected chi connectivity index (χ3v) is 3.32. The summed E-state index contributed by atoms with van der Waals surface area (Å²) in [7, 11) is 0. The Bertz CT molecular complexity index is 531. The van der Waals surface area contributed by atoms with Gasteiger partial charge < -0.3 is 5.32 Å². The molecule has 0 aliphatic rings. The molecule has 0 aliphatic heterocycles. The van der Waals surface area contributed by atoms with E-state index in [-0.39, 0.29) is 5.82 Å². The van der Waals surface area contributed by atoms with Gasteiger partial charge in [0.2, 0.25) is 0 Å². The molecule has 0 unspecified atom stereocenters. The molecule has 2 aromatic rings. The van der Waals surface area contributed by atoms with Crippen LogP contribution in [0.4, 0.5) is 10.1 Å². The molecule has 17 heavy (non-hydrogen) atoms. The number of benzene rings is 2. The minimum absolute atomic E-state index is 0.250. The van der Waals surface area contributed by atoms with Gasteiger partial charge in [-0.05, 0) is 42.0 Å². The first kappa shape index (κ1) is 12.4. The zero-order valence-electron chi connectivity index (χ0n) is 8.88. The van der Waals surface area contributed by atoms with E-state index in [4.69, 9.17) is 11.6 Å². The second kappa shape index (κ2) is 5.52. The predicted octanol–water partition coefficient (Wildman–Crippen LogP) is 4.85. The molecule has 88 valence electrons. The predicted molar refractivity (Wildman–Crippen MR) is 72.9 cm³/mol. The van der Waals surface area contributed by atoms with Crippen LogP contribution in [0.1, 0.15) is 5.56 Å². The van der Waals surface area contributed by atoms with Crippen molar-refractivity contribution in [3.8, 4) is 0 Å². The lowest BCUT2D eigenvalue weighted by Crippen LogP contribution is -2.00. The Morgan fingerprint density at radius 3 is 2.76 bits per heavy atom. The minimum atomic E-state index is -0.250. The number of hydrogen-bond acceptors (Lipinski definition) is 1. The maximum atomic E-state index is 13.0. The lowest BCUT2D eigenvalue weighted by Gasteiger charge is -2.08. The van der Waals surface area contributed by atoms with Gasteiger partial charge in [0.25, 0.3) is 0 Å². The Morgan fingerprint density at radius 1 is 1.18 bits per heavy atom. The Hall–Kier alpha value is -1.06. The Balaban J connectivity index is 2.09. The van der Waals surface area contributed by atoms with Gasteiger partial charge in [0, 0.05) is 21.7 Å². The molecule has 0 heterocycles. The molecular weight excluding hydrogens is 305 g/mol. The molecule has 0 bridgehead atoms. The van der Waals surface area contributed by atoms with Crippen LogP contribution < -0.4 is 5.32 Å². The third kappa shape index (κ3) is 3.45. The van der Waals surface area contributed by atoms with Crippen LogP contribution in [-0.4, -0.2) is 0 Å².